The minimum atomic E-state index is -0.0437. The van der Waals surface area contributed by atoms with E-state index < -0.39 is 0 Å². The normalized spacial score (nSPS) is 13.9. The molecule has 4 aromatic rings. The Labute approximate surface area is 172 Å². The van der Waals surface area contributed by atoms with E-state index in [2.05, 4.69) is 50.6 Å². The van der Waals surface area contributed by atoms with Gasteiger partial charge in [-0.1, -0.05) is 36.4 Å². The second-order valence-corrected chi connectivity index (χ2v) is 8.18. The van der Waals surface area contributed by atoms with Crippen LogP contribution in [-0.2, 0) is 19.5 Å². The van der Waals surface area contributed by atoms with Crippen LogP contribution in [0.3, 0.4) is 0 Å². The van der Waals surface area contributed by atoms with Gasteiger partial charge in [0, 0.05) is 36.3 Å². The lowest BCUT2D eigenvalue weighted by molar-refractivity contribution is 0.243. The summed E-state index contributed by atoms with van der Waals surface area (Å²) in [6.45, 7) is 2.40. The van der Waals surface area contributed by atoms with E-state index in [9.17, 15) is 4.79 Å². The van der Waals surface area contributed by atoms with Crippen molar-refractivity contribution in [3.63, 3.8) is 0 Å². The van der Waals surface area contributed by atoms with E-state index >= 15 is 0 Å². The van der Waals surface area contributed by atoms with Crippen LogP contribution >= 0.6 is 11.3 Å². The topological polar surface area (TPSA) is 61.9 Å². The van der Waals surface area contributed by atoms with Gasteiger partial charge in [-0.15, -0.1) is 11.3 Å². The van der Waals surface area contributed by atoms with Crippen LogP contribution in [0.25, 0.3) is 22.6 Å². The van der Waals surface area contributed by atoms with Crippen molar-refractivity contribution in [1.82, 2.24) is 19.9 Å². The van der Waals surface area contributed by atoms with Gasteiger partial charge in [-0.3, -0.25) is 14.7 Å². The third-order valence-electron chi connectivity index (χ3n) is 5.20. The largest absolute Gasteiger partial charge is 0.305 e. The zero-order chi connectivity index (χ0) is 19.6. The van der Waals surface area contributed by atoms with E-state index in [1.807, 2.05) is 24.3 Å². The van der Waals surface area contributed by atoms with E-state index in [-0.39, 0.29) is 5.56 Å². The predicted octanol–water partition coefficient (Wildman–Crippen LogP) is 4.12. The SMILES string of the molecule is O=c1[nH]c(-c2ccccn2)nc2c1CCN(Cc1cc(-c3ccccc3)cs1)C2. The second-order valence-electron chi connectivity index (χ2n) is 7.18. The van der Waals surface area contributed by atoms with Crippen LogP contribution in [0.5, 0.6) is 0 Å². The molecule has 5 nitrogen and oxygen atoms in total. The van der Waals surface area contributed by atoms with Crippen LogP contribution in [0.2, 0.25) is 0 Å². The zero-order valence-corrected chi connectivity index (χ0v) is 16.7. The van der Waals surface area contributed by atoms with Gasteiger partial charge in [0.05, 0.1) is 5.69 Å². The molecule has 0 spiro atoms. The number of aromatic amines is 1. The summed E-state index contributed by atoms with van der Waals surface area (Å²) in [6.07, 6.45) is 2.43. The highest BCUT2D eigenvalue weighted by molar-refractivity contribution is 7.10. The minimum Gasteiger partial charge on any atom is -0.305 e. The average molecular weight is 401 g/mol. The monoisotopic (exact) mass is 400 g/mol. The molecule has 3 aromatic heterocycles. The third-order valence-corrected chi connectivity index (χ3v) is 6.12. The molecule has 0 aliphatic carbocycles. The Bertz CT molecular complexity index is 1180. The van der Waals surface area contributed by atoms with Crippen molar-refractivity contribution in [2.24, 2.45) is 0 Å². The van der Waals surface area contributed by atoms with Crippen molar-refractivity contribution in [2.45, 2.75) is 19.5 Å². The summed E-state index contributed by atoms with van der Waals surface area (Å²) in [4.78, 5) is 28.2. The molecule has 0 saturated carbocycles. The fourth-order valence-electron chi connectivity index (χ4n) is 3.72. The summed E-state index contributed by atoms with van der Waals surface area (Å²) < 4.78 is 0. The van der Waals surface area contributed by atoms with Gasteiger partial charge in [0.1, 0.15) is 5.69 Å². The summed E-state index contributed by atoms with van der Waals surface area (Å²) in [5.74, 6) is 0.540. The lowest BCUT2D eigenvalue weighted by Gasteiger charge is -2.27. The molecule has 0 bridgehead atoms. The number of hydrogen-bond donors (Lipinski definition) is 1. The molecule has 1 aliphatic rings. The number of hydrogen-bond acceptors (Lipinski definition) is 5. The van der Waals surface area contributed by atoms with Gasteiger partial charge >= 0.3 is 0 Å². The van der Waals surface area contributed by atoms with E-state index in [1.54, 1.807) is 17.5 Å². The number of rotatable bonds is 4. The van der Waals surface area contributed by atoms with Gasteiger partial charge < -0.3 is 4.98 Å². The Morgan fingerprint density at radius 1 is 1.07 bits per heavy atom. The summed E-state index contributed by atoms with van der Waals surface area (Å²) in [7, 11) is 0. The Morgan fingerprint density at radius 3 is 2.76 bits per heavy atom. The van der Waals surface area contributed by atoms with Gasteiger partial charge in [0.2, 0.25) is 0 Å². The predicted molar refractivity (Wildman–Crippen MR) is 116 cm³/mol. The minimum absolute atomic E-state index is 0.0437. The Hall–Kier alpha value is -3.09. The standard InChI is InChI=1S/C23H20N4OS/c28-23-19-9-11-27(13-18-12-17(15-29-18)16-6-2-1-3-7-16)14-21(19)25-22(26-23)20-8-4-5-10-24-20/h1-8,10,12,15H,9,11,13-14H2,(H,25,26,28). The molecular formula is C23H20N4OS. The highest BCUT2D eigenvalue weighted by Crippen LogP contribution is 2.27. The van der Waals surface area contributed by atoms with Gasteiger partial charge in [-0.25, -0.2) is 4.98 Å². The van der Waals surface area contributed by atoms with Gasteiger partial charge in [-0.2, -0.15) is 0 Å². The van der Waals surface area contributed by atoms with Gasteiger partial charge in [0.25, 0.3) is 5.56 Å². The number of fused-ring (bicyclic) bond motifs is 1. The summed E-state index contributed by atoms with van der Waals surface area (Å²) in [5, 5.41) is 2.21. The fraction of sp³-hybridized carbons (Fsp3) is 0.174. The van der Waals surface area contributed by atoms with E-state index in [0.29, 0.717) is 18.1 Å². The first-order valence-corrected chi connectivity index (χ1v) is 10.5. The van der Waals surface area contributed by atoms with Crippen molar-refractivity contribution in [3.8, 4) is 22.6 Å². The van der Waals surface area contributed by atoms with Crippen molar-refractivity contribution in [1.29, 1.82) is 0 Å². The molecule has 29 heavy (non-hydrogen) atoms. The second kappa shape index (κ2) is 7.73. The first-order chi connectivity index (χ1) is 14.3. The summed E-state index contributed by atoms with van der Waals surface area (Å²) >= 11 is 1.78. The smallest absolute Gasteiger partial charge is 0.254 e. The average Bonchev–Trinajstić information content (AvgIpc) is 3.23. The van der Waals surface area contributed by atoms with E-state index in [1.165, 1.54) is 16.0 Å². The molecule has 4 heterocycles. The van der Waals surface area contributed by atoms with Crippen LogP contribution in [0.1, 0.15) is 16.1 Å². The van der Waals surface area contributed by atoms with E-state index in [4.69, 9.17) is 4.98 Å². The molecule has 0 atom stereocenters. The maximum atomic E-state index is 12.5. The number of pyridine rings is 1. The van der Waals surface area contributed by atoms with Crippen LogP contribution in [-0.4, -0.2) is 26.4 Å². The maximum absolute atomic E-state index is 12.5. The number of benzene rings is 1. The Morgan fingerprint density at radius 2 is 1.93 bits per heavy atom. The molecule has 0 amide bonds. The van der Waals surface area contributed by atoms with Crippen LogP contribution in [0, 0.1) is 0 Å². The molecule has 0 radical (unpaired) electrons. The molecular weight excluding hydrogens is 380 g/mol. The summed E-state index contributed by atoms with van der Waals surface area (Å²) in [5.41, 5.74) is 4.81. The molecule has 1 N–H and O–H groups in total. The Balaban J connectivity index is 1.36. The third kappa shape index (κ3) is 3.77. The number of thiophene rings is 1. The van der Waals surface area contributed by atoms with Crippen LogP contribution in [0.15, 0.2) is 71.0 Å². The number of nitrogens with one attached hydrogen (secondary N) is 1. The molecule has 144 valence electrons. The maximum Gasteiger partial charge on any atom is 0.254 e. The zero-order valence-electron chi connectivity index (χ0n) is 15.8. The fourth-order valence-corrected chi connectivity index (χ4v) is 4.65. The highest BCUT2D eigenvalue weighted by atomic mass is 32.1. The highest BCUT2D eigenvalue weighted by Gasteiger charge is 2.22. The molecule has 0 saturated heterocycles. The lowest BCUT2D eigenvalue weighted by atomic mass is 10.1. The van der Waals surface area contributed by atoms with Crippen molar-refractivity contribution in [3.05, 3.63) is 92.7 Å². The molecule has 6 heteroatoms. The quantitative estimate of drug-likeness (QED) is 0.560. The lowest BCUT2D eigenvalue weighted by Crippen LogP contribution is -2.34. The molecule has 0 fully saturated rings. The van der Waals surface area contributed by atoms with Crippen LogP contribution in [0.4, 0.5) is 0 Å². The van der Waals surface area contributed by atoms with Crippen LogP contribution < -0.4 is 5.56 Å². The molecule has 5 rings (SSSR count). The number of nitrogens with zero attached hydrogens (tertiary/aromatic N) is 3. The molecule has 0 unspecified atom stereocenters. The van der Waals surface area contributed by atoms with Gasteiger partial charge in [0.15, 0.2) is 5.82 Å². The molecule has 1 aromatic carbocycles. The van der Waals surface area contributed by atoms with Gasteiger partial charge in [-0.05, 0) is 41.1 Å². The first-order valence-electron chi connectivity index (χ1n) is 9.65. The van der Waals surface area contributed by atoms with Crippen molar-refractivity contribution >= 4 is 11.3 Å². The summed E-state index contributed by atoms with van der Waals surface area (Å²) in [6, 6.07) is 18.3. The number of H-pyrrole nitrogens is 1. The first kappa shape index (κ1) is 18.0. The number of aromatic nitrogens is 3. The molecule has 1 aliphatic heterocycles. The van der Waals surface area contributed by atoms with E-state index in [0.717, 1.165) is 30.8 Å². The Kier molecular flexibility index (Phi) is 4.79. The van der Waals surface area contributed by atoms with Crippen molar-refractivity contribution < 1.29 is 0 Å². The van der Waals surface area contributed by atoms with Crippen molar-refractivity contribution in [2.75, 3.05) is 6.54 Å².